The van der Waals surface area contributed by atoms with Gasteiger partial charge in [-0.1, -0.05) is 13.8 Å². The molecule has 0 aliphatic carbocycles. The van der Waals surface area contributed by atoms with E-state index in [1.807, 2.05) is 0 Å². The molecule has 12 heavy (non-hydrogen) atoms. The third-order valence-electron chi connectivity index (χ3n) is 1.61. The first-order valence-corrected chi connectivity index (χ1v) is 4.61. The van der Waals surface area contributed by atoms with Gasteiger partial charge in [0.25, 0.3) is 0 Å². The highest BCUT2D eigenvalue weighted by atomic mass is 19.1. The molecule has 0 amide bonds. The van der Waals surface area contributed by atoms with Crippen molar-refractivity contribution in [3.63, 3.8) is 0 Å². The molecule has 0 saturated heterocycles. The molecular weight excluding hydrogens is 157 g/mol. The Kier molecular flexibility index (Phi) is 7.40. The highest BCUT2D eigenvalue weighted by Crippen LogP contribution is 2.02. The van der Waals surface area contributed by atoms with E-state index in [-0.39, 0.29) is 12.8 Å². The summed E-state index contributed by atoms with van der Waals surface area (Å²) < 4.78 is 11.6. The van der Waals surface area contributed by atoms with Crippen LogP contribution >= 0.6 is 0 Å². The fourth-order valence-corrected chi connectivity index (χ4v) is 1.09. The van der Waals surface area contributed by atoms with Crippen molar-refractivity contribution in [2.24, 2.45) is 5.92 Å². The van der Waals surface area contributed by atoms with Crippen molar-refractivity contribution in [1.82, 2.24) is 5.32 Å². The standard InChI is InChI=1S/C9H20FNO/c1-8(2)6-9(12)7-11-5-3-4-10/h8-9,11-12H,3-7H2,1-2H3. The Morgan fingerprint density at radius 3 is 2.58 bits per heavy atom. The average Bonchev–Trinajstić information content (AvgIpc) is 1.97. The number of hydrogen-bond donors (Lipinski definition) is 2. The smallest absolute Gasteiger partial charge is 0.0906 e. The van der Waals surface area contributed by atoms with E-state index in [1.54, 1.807) is 0 Å². The number of nitrogens with one attached hydrogen (secondary N) is 1. The Labute approximate surface area is 74.2 Å². The second-order valence-corrected chi connectivity index (χ2v) is 3.53. The lowest BCUT2D eigenvalue weighted by Crippen LogP contribution is -2.28. The van der Waals surface area contributed by atoms with Gasteiger partial charge >= 0.3 is 0 Å². The van der Waals surface area contributed by atoms with Gasteiger partial charge in [0.05, 0.1) is 12.8 Å². The Bertz CT molecular complexity index is 98.5. The van der Waals surface area contributed by atoms with Crippen molar-refractivity contribution in [3.05, 3.63) is 0 Å². The Balaban J connectivity index is 3.14. The van der Waals surface area contributed by atoms with Crippen LogP contribution < -0.4 is 5.32 Å². The molecule has 2 N–H and O–H groups in total. The lowest BCUT2D eigenvalue weighted by atomic mass is 10.1. The molecule has 0 rings (SSSR count). The van der Waals surface area contributed by atoms with Crippen LogP contribution in [0.1, 0.15) is 26.7 Å². The van der Waals surface area contributed by atoms with Gasteiger partial charge < -0.3 is 10.4 Å². The fraction of sp³-hybridized carbons (Fsp3) is 1.00. The maximum Gasteiger partial charge on any atom is 0.0906 e. The van der Waals surface area contributed by atoms with Crippen LogP contribution in [0.15, 0.2) is 0 Å². The first-order chi connectivity index (χ1) is 5.66. The molecule has 1 atom stereocenters. The molecule has 0 aromatic carbocycles. The molecule has 1 unspecified atom stereocenters. The van der Waals surface area contributed by atoms with Crippen LogP contribution in [0.25, 0.3) is 0 Å². The van der Waals surface area contributed by atoms with Crippen molar-refractivity contribution in [2.75, 3.05) is 19.8 Å². The molecule has 0 aromatic rings. The summed E-state index contributed by atoms with van der Waals surface area (Å²) in [5.41, 5.74) is 0. The van der Waals surface area contributed by atoms with E-state index in [4.69, 9.17) is 0 Å². The summed E-state index contributed by atoms with van der Waals surface area (Å²) in [6, 6.07) is 0. The maximum atomic E-state index is 11.6. The number of alkyl halides is 1. The molecule has 3 heteroatoms. The van der Waals surface area contributed by atoms with E-state index >= 15 is 0 Å². The summed E-state index contributed by atoms with van der Waals surface area (Å²) >= 11 is 0. The lowest BCUT2D eigenvalue weighted by Gasteiger charge is -2.13. The molecule has 0 bridgehead atoms. The summed E-state index contributed by atoms with van der Waals surface area (Å²) in [6.45, 7) is 5.10. The molecular formula is C9H20FNO. The van der Waals surface area contributed by atoms with Crippen LogP contribution in [0.4, 0.5) is 4.39 Å². The number of halogens is 1. The third-order valence-corrected chi connectivity index (χ3v) is 1.61. The van der Waals surface area contributed by atoms with Crippen LogP contribution in [-0.4, -0.2) is 31.0 Å². The van der Waals surface area contributed by atoms with E-state index in [2.05, 4.69) is 19.2 Å². The molecule has 74 valence electrons. The van der Waals surface area contributed by atoms with Gasteiger partial charge in [-0.3, -0.25) is 4.39 Å². The lowest BCUT2D eigenvalue weighted by molar-refractivity contribution is 0.146. The molecule has 2 nitrogen and oxygen atoms in total. The highest BCUT2D eigenvalue weighted by Gasteiger charge is 2.05. The molecule has 0 heterocycles. The van der Waals surface area contributed by atoms with Gasteiger partial charge in [0.15, 0.2) is 0 Å². The Hall–Kier alpha value is -0.150. The summed E-state index contributed by atoms with van der Waals surface area (Å²) in [7, 11) is 0. The zero-order valence-electron chi connectivity index (χ0n) is 8.02. The molecule has 0 aliphatic rings. The van der Waals surface area contributed by atoms with Crippen LogP contribution in [0.2, 0.25) is 0 Å². The molecule has 0 spiro atoms. The molecule has 0 radical (unpaired) electrons. The van der Waals surface area contributed by atoms with Crippen molar-refractivity contribution < 1.29 is 9.50 Å². The molecule has 0 saturated carbocycles. The van der Waals surface area contributed by atoms with Crippen molar-refractivity contribution >= 4 is 0 Å². The molecule has 0 aromatic heterocycles. The molecule has 0 aliphatic heterocycles. The quantitative estimate of drug-likeness (QED) is 0.575. The summed E-state index contributed by atoms with van der Waals surface area (Å²) in [6.07, 6.45) is 1.06. The third kappa shape index (κ3) is 7.95. The minimum atomic E-state index is -0.287. The van der Waals surface area contributed by atoms with Gasteiger partial charge in [0.1, 0.15) is 0 Å². The first-order valence-electron chi connectivity index (χ1n) is 4.61. The van der Waals surface area contributed by atoms with E-state index in [0.29, 0.717) is 25.4 Å². The fourth-order valence-electron chi connectivity index (χ4n) is 1.09. The van der Waals surface area contributed by atoms with Gasteiger partial charge in [-0.2, -0.15) is 0 Å². The second kappa shape index (κ2) is 7.50. The minimum Gasteiger partial charge on any atom is -0.392 e. The SMILES string of the molecule is CC(C)CC(O)CNCCCF. The Morgan fingerprint density at radius 1 is 1.42 bits per heavy atom. The highest BCUT2D eigenvalue weighted by molar-refractivity contribution is 4.61. The number of hydrogen-bond acceptors (Lipinski definition) is 2. The normalized spacial score (nSPS) is 13.8. The average molecular weight is 177 g/mol. The summed E-state index contributed by atoms with van der Waals surface area (Å²) in [5.74, 6) is 0.517. The maximum absolute atomic E-state index is 11.6. The predicted octanol–water partition coefficient (Wildman–Crippen LogP) is 1.34. The van der Waals surface area contributed by atoms with Crippen LogP contribution in [-0.2, 0) is 0 Å². The van der Waals surface area contributed by atoms with Gasteiger partial charge in [-0.05, 0) is 25.3 Å². The monoisotopic (exact) mass is 177 g/mol. The largest absolute Gasteiger partial charge is 0.392 e. The first kappa shape index (κ1) is 11.8. The van der Waals surface area contributed by atoms with Crippen LogP contribution in [0, 0.1) is 5.92 Å². The number of aliphatic hydroxyl groups excluding tert-OH is 1. The topological polar surface area (TPSA) is 32.3 Å². The zero-order valence-corrected chi connectivity index (χ0v) is 8.02. The van der Waals surface area contributed by atoms with E-state index in [9.17, 15) is 9.50 Å². The van der Waals surface area contributed by atoms with Crippen LogP contribution in [0.3, 0.4) is 0 Å². The van der Waals surface area contributed by atoms with Crippen LogP contribution in [0.5, 0.6) is 0 Å². The summed E-state index contributed by atoms with van der Waals surface area (Å²) in [5, 5.41) is 12.4. The van der Waals surface area contributed by atoms with Crippen molar-refractivity contribution in [3.8, 4) is 0 Å². The van der Waals surface area contributed by atoms with Crippen molar-refractivity contribution in [1.29, 1.82) is 0 Å². The number of aliphatic hydroxyl groups is 1. The van der Waals surface area contributed by atoms with Crippen molar-refractivity contribution in [2.45, 2.75) is 32.8 Å². The van der Waals surface area contributed by atoms with E-state index in [1.165, 1.54) is 0 Å². The van der Waals surface area contributed by atoms with Gasteiger partial charge in [-0.25, -0.2) is 0 Å². The predicted molar refractivity (Wildman–Crippen MR) is 48.9 cm³/mol. The minimum absolute atomic E-state index is 0.284. The number of rotatable bonds is 7. The van der Waals surface area contributed by atoms with Gasteiger partial charge in [0, 0.05) is 6.54 Å². The second-order valence-electron chi connectivity index (χ2n) is 3.53. The van der Waals surface area contributed by atoms with Gasteiger partial charge in [-0.15, -0.1) is 0 Å². The van der Waals surface area contributed by atoms with E-state index < -0.39 is 0 Å². The zero-order chi connectivity index (χ0) is 9.40. The Morgan fingerprint density at radius 2 is 2.08 bits per heavy atom. The van der Waals surface area contributed by atoms with Gasteiger partial charge in [0.2, 0.25) is 0 Å². The molecule has 0 fully saturated rings. The van der Waals surface area contributed by atoms with E-state index in [0.717, 1.165) is 6.42 Å². The summed E-state index contributed by atoms with van der Waals surface area (Å²) in [4.78, 5) is 0.